The van der Waals surface area contributed by atoms with E-state index >= 15 is 0 Å². The Morgan fingerprint density at radius 3 is 2.31 bits per heavy atom. The number of rotatable bonds is 8. The highest BCUT2D eigenvalue weighted by molar-refractivity contribution is 7.93. The predicted molar refractivity (Wildman–Crippen MR) is 71.9 cm³/mol. The summed E-state index contributed by atoms with van der Waals surface area (Å²) in [6, 6.07) is 0. The van der Waals surface area contributed by atoms with E-state index in [-0.39, 0.29) is 4.99 Å². The molecule has 0 rings (SSSR count). The van der Waals surface area contributed by atoms with Crippen LogP contribution in [0.25, 0.3) is 0 Å². The normalized spacial score (nSPS) is 14.0. The fourth-order valence-corrected chi connectivity index (χ4v) is 2.53. The van der Waals surface area contributed by atoms with Crippen LogP contribution < -0.4 is 10.5 Å². The van der Waals surface area contributed by atoms with Gasteiger partial charge in [-0.2, -0.15) is 0 Å². The number of thiocarbonyl (C=S) groups is 1. The molecule has 0 amide bonds. The van der Waals surface area contributed by atoms with Gasteiger partial charge in [-0.1, -0.05) is 38.9 Å². The van der Waals surface area contributed by atoms with Gasteiger partial charge in [0.15, 0.2) is 0 Å². The van der Waals surface area contributed by atoms with E-state index in [2.05, 4.69) is 30.8 Å². The SMILES string of the molecule is CC(C)CCCCNS(=O)(=O)C(C)C(N)=S. The van der Waals surface area contributed by atoms with Gasteiger partial charge in [0.2, 0.25) is 10.0 Å². The Bertz CT molecular complexity index is 313. The van der Waals surface area contributed by atoms with Crippen molar-refractivity contribution < 1.29 is 8.42 Å². The minimum atomic E-state index is -3.38. The molecule has 0 saturated carbocycles. The topological polar surface area (TPSA) is 72.2 Å². The molecule has 16 heavy (non-hydrogen) atoms. The van der Waals surface area contributed by atoms with Crippen molar-refractivity contribution in [3.05, 3.63) is 0 Å². The van der Waals surface area contributed by atoms with E-state index in [4.69, 9.17) is 5.73 Å². The minimum absolute atomic E-state index is 0.00896. The average Bonchev–Trinajstić information content (AvgIpc) is 2.15. The molecule has 0 bridgehead atoms. The summed E-state index contributed by atoms with van der Waals surface area (Å²) in [5.74, 6) is 0.659. The van der Waals surface area contributed by atoms with Gasteiger partial charge in [0.1, 0.15) is 5.25 Å². The summed E-state index contributed by atoms with van der Waals surface area (Å²) in [6.45, 7) is 6.26. The van der Waals surface area contributed by atoms with Gasteiger partial charge < -0.3 is 5.73 Å². The zero-order valence-electron chi connectivity index (χ0n) is 10.2. The second-order valence-electron chi connectivity index (χ2n) is 4.37. The minimum Gasteiger partial charge on any atom is -0.392 e. The average molecular weight is 266 g/mol. The highest BCUT2D eigenvalue weighted by Crippen LogP contribution is 2.06. The van der Waals surface area contributed by atoms with Crippen LogP contribution in [0.3, 0.4) is 0 Å². The Balaban J connectivity index is 3.88. The number of unbranched alkanes of at least 4 members (excludes halogenated alkanes) is 1. The monoisotopic (exact) mass is 266 g/mol. The molecule has 0 aromatic carbocycles. The van der Waals surface area contributed by atoms with Crippen LogP contribution >= 0.6 is 12.2 Å². The lowest BCUT2D eigenvalue weighted by Crippen LogP contribution is -2.40. The Morgan fingerprint density at radius 2 is 1.88 bits per heavy atom. The number of nitrogens with one attached hydrogen (secondary N) is 1. The van der Waals surface area contributed by atoms with Gasteiger partial charge >= 0.3 is 0 Å². The molecule has 6 heteroatoms. The van der Waals surface area contributed by atoms with Crippen molar-refractivity contribution in [1.82, 2.24) is 4.72 Å². The Kier molecular flexibility index (Phi) is 7.10. The van der Waals surface area contributed by atoms with Crippen molar-refractivity contribution in [3.63, 3.8) is 0 Å². The third-order valence-electron chi connectivity index (χ3n) is 2.38. The van der Waals surface area contributed by atoms with Crippen LogP contribution in [0.1, 0.15) is 40.0 Å². The molecular weight excluding hydrogens is 244 g/mol. The molecule has 0 aliphatic rings. The van der Waals surface area contributed by atoms with Gasteiger partial charge in [0.25, 0.3) is 0 Å². The first kappa shape index (κ1) is 15.8. The van der Waals surface area contributed by atoms with Crippen LogP contribution in [-0.4, -0.2) is 25.2 Å². The van der Waals surface area contributed by atoms with E-state index < -0.39 is 15.3 Å². The molecule has 0 aliphatic carbocycles. The lowest BCUT2D eigenvalue weighted by Gasteiger charge is -2.12. The molecule has 0 heterocycles. The summed E-state index contributed by atoms with van der Waals surface area (Å²) in [6.07, 6.45) is 3.00. The summed E-state index contributed by atoms with van der Waals surface area (Å²) >= 11 is 4.66. The smallest absolute Gasteiger partial charge is 0.220 e. The molecule has 0 saturated heterocycles. The van der Waals surface area contributed by atoms with Crippen LogP contribution in [0.4, 0.5) is 0 Å². The van der Waals surface area contributed by atoms with E-state index in [9.17, 15) is 8.42 Å². The van der Waals surface area contributed by atoms with Gasteiger partial charge in [0.05, 0.1) is 4.99 Å². The van der Waals surface area contributed by atoms with E-state index in [1.54, 1.807) is 0 Å². The lowest BCUT2D eigenvalue weighted by molar-refractivity contribution is 0.530. The molecule has 1 unspecified atom stereocenters. The second kappa shape index (κ2) is 7.19. The molecule has 3 N–H and O–H groups in total. The van der Waals surface area contributed by atoms with E-state index in [1.807, 2.05) is 0 Å². The Hall–Kier alpha value is -0.200. The van der Waals surface area contributed by atoms with Crippen molar-refractivity contribution in [2.75, 3.05) is 6.54 Å². The van der Waals surface area contributed by atoms with Gasteiger partial charge in [0, 0.05) is 6.54 Å². The van der Waals surface area contributed by atoms with Crippen LogP contribution in [0.5, 0.6) is 0 Å². The molecule has 0 aromatic rings. The van der Waals surface area contributed by atoms with Crippen LogP contribution in [0.15, 0.2) is 0 Å². The van der Waals surface area contributed by atoms with Gasteiger partial charge in [-0.25, -0.2) is 13.1 Å². The maximum atomic E-state index is 11.6. The highest BCUT2D eigenvalue weighted by atomic mass is 32.2. The standard InChI is InChI=1S/C10H22N2O2S2/c1-8(2)6-4-5-7-12-16(13,14)9(3)10(11)15/h8-9,12H,4-7H2,1-3H3,(H2,11,15). The summed E-state index contributed by atoms with van der Waals surface area (Å²) in [5, 5.41) is -0.799. The largest absolute Gasteiger partial charge is 0.392 e. The van der Waals surface area contributed by atoms with Crippen molar-refractivity contribution >= 4 is 27.2 Å². The maximum absolute atomic E-state index is 11.6. The molecule has 0 radical (unpaired) electrons. The zero-order chi connectivity index (χ0) is 12.8. The first-order valence-corrected chi connectivity index (χ1v) is 7.50. The van der Waals surface area contributed by atoms with Crippen molar-refractivity contribution in [2.24, 2.45) is 11.7 Å². The van der Waals surface area contributed by atoms with Gasteiger partial charge in [-0.05, 0) is 19.3 Å². The molecule has 0 aliphatic heterocycles. The first-order chi connectivity index (χ1) is 7.27. The Morgan fingerprint density at radius 1 is 1.31 bits per heavy atom. The molecule has 1 atom stereocenters. The first-order valence-electron chi connectivity index (χ1n) is 5.55. The van der Waals surface area contributed by atoms with Crippen molar-refractivity contribution in [3.8, 4) is 0 Å². The highest BCUT2D eigenvalue weighted by Gasteiger charge is 2.22. The molecule has 0 aromatic heterocycles. The van der Waals surface area contributed by atoms with Gasteiger partial charge in [-0.3, -0.25) is 0 Å². The van der Waals surface area contributed by atoms with E-state index in [0.717, 1.165) is 19.3 Å². The molecule has 0 fully saturated rings. The van der Waals surface area contributed by atoms with Crippen LogP contribution in [0, 0.1) is 5.92 Å². The maximum Gasteiger partial charge on any atom is 0.220 e. The molecule has 4 nitrogen and oxygen atoms in total. The Labute approximate surface area is 104 Å². The van der Waals surface area contributed by atoms with E-state index in [1.165, 1.54) is 6.92 Å². The number of nitrogens with two attached hydrogens (primary N) is 1. The second-order valence-corrected chi connectivity index (χ2v) is 6.93. The summed E-state index contributed by atoms with van der Waals surface area (Å²) in [4.78, 5) is 0.00896. The molecular formula is C10H22N2O2S2. The molecule has 0 spiro atoms. The van der Waals surface area contributed by atoms with Crippen LogP contribution in [0.2, 0.25) is 0 Å². The molecule has 96 valence electrons. The van der Waals surface area contributed by atoms with Crippen molar-refractivity contribution in [1.29, 1.82) is 0 Å². The fourth-order valence-electron chi connectivity index (χ4n) is 1.17. The quantitative estimate of drug-likeness (QED) is 0.514. The summed E-state index contributed by atoms with van der Waals surface area (Å²) in [5.41, 5.74) is 5.30. The summed E-state index contributed by atoms with van der Waals surface area (Å²) < 4.78 is 25.7. The lowest BCUT2D eigenvalue weighted by atomic mass is 10.1. The number of hydrogen-bond donors (Lipinski definition) is 2. The zero-order valence-corrected chi connectivity index (χ0v) is 11.8. The number of hydrogen-bond acceptors (Lipinski definition) is 3. The number of sulfonamides is 1. The fraction of sp³-hybridized carbons (Fsp3) is 0.900. The van der Waals surface area contributed by atoms with Crippen molar-refractivity contribution in [2.45, 2.75) is 45.3 Å². The van der Waals surface area contributed by atoms with Crippen LogP contribution in [-0.2, 0) is 10.0 Å². The van der Waals surface area contributed by atoms with E-state index in [0.29, 0.717) is 12.5 Å². The summed E-state index contributed by atoms with van der Waals surface area (Å²) in [7, 11) is -3.38. The predicted octanol–water partition coefficient (Wildman–Crippen LogP) is 1.41. The third-order valence-corrected chi connectivity index (χ3v) is 4.67. The third kappa shape index (κ3) is 6.40. The van der Waals surface area contributed by atoms with Gasteiger partial charge in [-0.15, -0.1) is 0 Å².